The average Bonchev–Trinajstić information content (AvgIpc) is 2.86. The van der Waals surface area contributed by atoms with E-state index in [2.05, 4.69) is 5.32 Å². The van der Waals surface area contributed by atoms with Gasteiger partial charge in [0.15, 0.2) is 6.61 Å². The normalized spacial score (nSPS) is 14.4. The van der Waals surface area contributed by atoms with Crippen molar-refractivity contribution >= 4 is 33.3 Å². The van der Waals surface area contributed by atoms with E-state index < -0.39 is 33.4 Å². The molecule has 1 saturated heterocycles. The Kier molecular flexibility index (Phi) is 8.15. The predicted molar refractivity (Wildman–Crippen MR) is 121 cm³/mol. The number of nitrogens with zero attached hydrogens (tertiary/aromatic N) is 3. The number of esters is 1. The van der Waals surface area contributed by atoms with Gasteiger partial charge < -0.3 is 20.1 Å². The molecule has 34 heavy (non-hydrogen) atoms. The van der Waals surface area contributed by atoms with Crippen molar-refractivity contribution in [1.29, 1.82) is 0 Å². The molecule has 2 aromatic rings. The van der Waals surface area contributed by atoms with Gasteiger partial charge in [0.2, 0.25) is 10.0 Å². The van der Waals surface area contributed by atoms with Crippen LogP contribution < -0.4 is 5.32 Å². The molecule has 12 nitrogen and oxygen atoms in total. The number of anilines is 1. The average molecular weight is 493 g/mol. The lowest BCUT2D eigenvalue weighted by molar-refractivity contribution is -0.384. The van der Waals surface area contributed by atoms with Gasteiger partial charge >= 0.3 is 5.97 Å². The van der Waals surface area contributed by atoms with Crippen LogP contribution in [0.1, 0.15) is 10.4 Å². The minimum Gasteiger partial charge on any atom is -0.452 e. The van der Waals surface area contributed by atoms with E-state index in [1.165, 1.54) is 33.5 Å². The van der Waals surface area contributed by atoms with Gasteiger partial charge in [0.05, 0.1) is 22.0 Å². The summed E-state index contributed by atoms with van der Waals surface area (Å²) in [7, 11) is -3.67. The van der Waals surface area contributed by atoms with E-state index in [1.807, 2.05) is 0 Å². The van der Waals surface area contributed by atoms with Crippen LogP contribution in [-0.2, 0) is 19.6 Å². The Hall–Kier alpha value is -3.55. The minimum absolute atomic E-state index is 0.0943. The maximum atomic E-state index is 12.7. The highest BCUT2D eigenvalue weighted by Crippen LogP contribution is 2.23. The van der Waals surface area contributed by atoms with Crippen LogP contribution in [-0.4, -0.2) is 85.5 Å². The number of amides is 1. The molecule has 0 atom stereocenters. The molecule has 0 radical (unpaired) electrons. The standard InChI is InChI=1S/C21H24N4O8S/c26-13-8-22-19-7-6-16(25(29)30)14-18(19)21(28)33-15-20(27)23-9-11-24(12-10-23)34(31,32)17-4-2-1-3-5-17/h1-7,14,22,26H,8-13,15H2. The molecule has 13 heteroatoms. The first-order valence-electron chi connectivity index (χ1n) is 10.4. The number of ether oxygens (including phenoxy) is 1. The number of carbonyl (C=O) groups excluding carboxylic acids is 2. The Bertz CT molecular complexity index is 1150. The van der Waals surface area contributed by atoms with E-state index in [-0.39, 0.29) is 61.2 Å². The number of non-ortho nitro benzene ring substituents is 1. The molecular formula is C21H24N4O8S. The lowest BCUT2D eigenvalue weighted by Gasteiger charge is -2.33. The lowest BCUT2D eigenvalue weighted by atomic mass is 10.1. The molecule has 182 valence electrons. The zero-order chi connectivity index (χ0) is 24.7. The van der Waals surface area contributed by atoms with Crippen LogP contribution in [0, 0.1) is 10.1 Å². The first kappa shape index (κ1) is 25.1. The number of hydrogen-bond donors (Lipinski definition) is 2. The Balaban J connectivity index is 1.59. The van der Waals surface area contributed by atoms with E-state index in [4.69, 9.17) is 9.84 Å². The summed E-state index contributed by atoms with van der Waals surface area (Å²) < 4.78 is 31.8. The molecule has 0 saturated carbocycles. The molecule has 1 amide bonds. The van der Waals surface area contributed by atoms with Gasteiger partial charge in [0.25, 0.3) is 11.6 Å². The third-order valence-corrected chi connectivity index (χ3v) is 7.07. The van der Waals surface area contributed by atoms with E-state index in [1.54, 1.807) is 18.2 Å². The van der Waals surface area contributed by atoms with E-state index in [9.17, 15) is 28.1 Å². The van der Waals surface area contributed by atoms with Crippen LogP contribution in [0.2, 0.25) is 0 Å². The molecule has 2 N–H and O–H groups in total. The third kappa shape index (κ3) is 5.87. The first-order valence-corrected chi connectivity index (χ1v) is 11.8. The molecule has 0 bridgehead atoms. The summed E-state index contributed by atoms with van der Waals surface area (Å²) in [5.74, 6) is -1.46. The largest absolute Gasteiger partial charge is 0.452 e. The maximum absolute atomic E-state index is 12.7. The van der Waals surface area contributed by atoms with Crippen LogP contribution in [0.15, 0.2) is 53.4 Å². The number of sulfonamides is 1. The quantitative estimate of drug-likeness (QED) is 0.292. The molecule has 1 aliphatic rings. The SMILES string of the molecule is O=C(OCC(=O)N1CCN(S(=O)(=O)c2ccccc2)CC1)c1cc([N+](=O)[O-])ccc1NCCO. The van der Waals surface area contributed by atoms with Gasteiger partial charge in [-0.05, 0) is 18.2 Å². The Labute approximate surface area is 195 Å². The number of aliphatic hydroxyl groups excluding tert-OH is 1. The van der Waals surface area contributed by atoms with Crippen LogP contribution in [0.25, 0.3) is 0 Å². The molecule has 0 aliphatic carbocycles. The topological polar surface area (TPSA) is 159 Å². The van der Waals surface area contributed by atoms with Gasteiger partial charge in [0, 0.05) is 50.5 Å². The third-order valence-electron chi connectivity index (χ3n) is 5.16. The molecule has 1 aliphatic heterocycles. The van der Waals surface area contributed by atoms with Crippen molar-refractivity contribution in [2.75, 3.05) is 51.3 Å². The number of nitrogens with one attached hydrogen (secondary N) is 1. The first-order chi connectivity index (χ1) is 16.2. The molecule has 0 spiro atoms. The van der Waals surface area contributed by atoms with Gasteiger partial charge in [-0.1, -0.05) is 18.2 Å². The second-order valence-corrected chi connectivity index (χ2v) is 9.25. The van der Waals surface area contributed by atoms with Gasteiger partial charge in [-0.15, -0.1) is 0 Å². The Morgan fingerprint density at radius 3 is 2.38 bits per heavy atom. The highest BCUT2D eigenvalue weighted by atomic mass is 32.2. The maximum Gasteiger partial charge on any atom is 0.341 e. The molecule has 0 aromatic heterocycles. The van der Waals surface area contributed by atoms with Crippen LogP contribution >= 0.6 is 0 Å². The highest BCUT2D eigenvalue weighted by molar-refractivity contribution is 7.89. The number of nitro groups is 1. The van der Waals surface area contributed by atoms with Crippen molar-refractivity contribution in [3.63, 3.8) is 0 Å². The second-order valence-electron chi connectivity index (χ2n) is 7.31. The van der Waals surface area contributed by atoms with Gasteiger partial charge in [0.1, 0.15) is 0 Å². The minimum atomic E-state index is -3.67. The number of benzene rings is 2. The highest BCUT2D eigenvalue weighted by Gasteiger charge is 2.30. The van der Waals surface area contributed by atoms with Crippen molar-refractivity contribution in [2.24, 2.45) is 0 Å². The van der Waals surface area contributed by atoms with E-state index in [0.717, 1.165) is 6.07 Å². The smallest absolute Gasteiger partial charge is 0.341 e. The van der Waals surface area contributed by atoms with Crippen molar-refractivity contribution in [1.82, 2.24) is 9.21 Å². The molecule has 0 unspecified atom stereocenters. The molecular weight excluding hydrogens is 468 g/mol. The fraction of sp³-hybridized carbons (Fsp3) is 0.333. The number of hydrogen-bond acceptors (Lipinski definition) is 9. The molecule has 2 aromatic carbocycles. The summed E-state index contributed by atoms with van der Waals surface area (Å²) in [5, 5.41) is 22.8. The van der Waals surface area contributed by atoms with Gasteiger partial charge in [-0.25, -0.2) is 13.2 Å². The zero-order valence-corrected chi connectivity index (χ0v) is 18.9. The van der Waals surface area contributed by atoms with Crippen molar-refractivity contribution < 1.29 is 32.8 Å². The van der Waals surface area contributed by atoms with Crippen LogP contribution in [0.3, 0.4) is 0 Å². The van der Waals surface area contributed by atoms with Gasteiger partial charge in [-0.3, -0.25) is 14.9 Å². The Morgan fingerprint density at radius 1 is 1.09 bits per heavy atom. The molecule has 3 rings (SSSR count). The van der Waals surface area contributed by atoms with Crippen molar-refractivity contribution in [3.8, 4) is 0 Å². The fourth-order valence-electron chi connectivity index (χ4n) is 3.38. The van der Waals surface area contributed by atoms with Crippen molar-refractivity contribution in [3.05, 3.63) is 64.2 Å². The number of rotatable bonds is 9. The monoisotopic (exact) mass is 492 g/mol. The number of piperazine rings is 1. The second kappa shape index (κ2) is 11.0. The summed E-state index contributed by atoms with van der Waals surface area (Å²) in [5.41, 5.74) is -0.255. The fourth-order valence-corrected chi connectivity index (χ4v) is 4.82. The summed E-state index contributed by atoms with van der Waals surface area (Å²) >= 11 is 0. The summed E-state index contributed by atoms with van der Waals surface area (Å²) in [6.45, 7) is -0.283. The number of aliphatic hydroxyl groups is 1. The predicted octanol–water partition coefficient (Wildman–Crippen LogP) is 0.689. The number of carbonyl (C=O) groups is 2. The molecule has 1 heterocycles. The van der Waals surface area contributed by atoms with Crippen LogP contribution in [0.5, 0.6) is 0 Å². The van der Waals surface area contributed by atoms with Crippen LogP contribution in [0.4, 0.5) is 11.4 Å². The van der Waals surface area contributed by atoms with Crippen molar-refractivity contribution in [2.45, 2.75) is 4.90 Å². The Morgan fingerprint density at radius 2 is 1.76 bits per heavy atom. The van der Waals surface area contributed by atoms with E-state index >= 15 is 0 Å². The molecule has 1 fully saturated rings. The summed E-state index contributed by atoms with van der Waals surface area (Å²) in [6.07, 6.45) is 0. The summed E-state index contributed by atoms with van der Waals surface area (Å²) in [4.78, 5) is 37.0. The van der Waals surface area contributed by atoms with E-state index in [0.29, 0.717) is 0 Å². The summed E-state index contributed by atoms with van der Waals surface area (Å²) in [6, 6.07) is 11.5. The lowest BCUT2D eigenvalue weighted by Crippen LogP contribution is -2.51. The number of nitro benzene ring substituents is 1. The zero-order valence-electron chi connectivity index (χ0n) is 18.1. The van der Waals surface area contributed by atoms with Gasteiger partial charge in [-0.2, -0.15) is 4.31 Å².